The van der Waals surface area contributed by atoms with Crippen LogP contribution in [-0.2, 0) is 7.05 Å². The van der Waals surface area contributed by atoms with Crippen molar-refractivity contribution < 1.29 is 0 Å². The molecule has 2 N–H and O–H groups in total. The summed E-state index contributed by atoms with van der Waals surface area (Å²) < 4.78 is 1.76. The van der Waals surface area contributed by atoms with E-state index in [0.29, 0.717) is 6.54 Å². The average Bonchev–Trinajstić information content (AvgIpc) is 2.57. The molecular formula is C10H12N4. The fourth-order valence-electron chi connectivity index (χ4n) is 1.37. The van der Waals surface area contributed by atoms with Gasteiger partial charge >= 0.3 is 0 Å². The van der Waals surface area contributed by atoms with Crippen LogP contribution >= 0.6 is 0 Å². The summed E-state index contributed by atoms with van der Waals surface area (Å²) >= 11 is 0. The Morgan fingerprint density at radius 2 is 2.36 bits per heavy atom. The smallest absolute Gasteiger partial charge is 0.113 e. The fourth-order valence-corrected chi connectivity index (χ4v) is 1.37. The molecule has 4 nitrogen and oxygen atoms in total. The van der Waals surface area contributed by atoms with E-state index >= 15 is 0 Å². The second-order valence-corrected chi connectivity index (χ2v) is 3.10. The van der Waals surface area contributed by atoms with Crippen molar-refractivity contribution in [2.45, 2.75) is 0 Å². The second kappa shape index (κ2) is 3.59. The van der Waals surface area contributed by atoms with Crippen LogP contribution in [0.3, 0.4) is 0 Å². The van der Waals surface area contributed by atoms with Crippen molar-refractivity contribution in [2.75, 3.05) is 6.54 Å². The van der Waals surface area contributed by atoms with Crippen molar-refractivity contribution in [3.8, 4) is 0 Å². The van der Waals surface area contributed by atoms with Crippen LogP contribution < -0.4 is 5.73 Å². The van der Waals surface area contributed by atoms with E-state index in [9.17, 15) is 0 Å². The number of fused-ring (bicyclic) bond motifs is 1. The first-order chi connectivity index (χ1) is 6.81. The van der Waals surface area contributed by atoms with E-state index < -0.39 is 0 Å². The summed E-state index contributed by atoms with van der Waals surface area (Å²) in [4.78, 5) is 0. The first-order valence-corrected chi connectivity index (χ1v) is 4.47. The normalized spacial score (nSPS) is 11.6. The Morgan fingerprint density at radius 1 is 1.50 bits per heavy atom. The van der Waals surface area contributed by atoms with Crippen LogP contribution in [0.5, 0.6) is 0 Å². The number of hydrogen-bond acceptors (Lipinski definition) is 3. The van der Waals surface area contributed by atoms with Crippen LogP contribution in [0.1, 0.15) is 5.56 Å². The number of rotatable bonds is 2. The molecule has 2 rings (SSSR count). The van der Waals surface area contributed by atoms with Gasteiger partial charge in [0, 0.05) is 13.6 Å². The number of aryl methyl sites for hydroxylation is 1. The topological polar surface area (TPSA) is 56.7 Å². The van der Waals surface area contributed by atoms with Gasteiger partial charge in [-0.15, -0.1) is 5.10 Å². The minimum absolute atomic E-state index is 0.554. The number of nitrogens with two attached hydrogens (primary N) is 1. The lowest BCUT2D eigenvalue weighted by molar-refractivity contribution is 0.736. The van der Waals surface area contributed by atoms with E-state index in [-0.39, 0.29) is 0 Å². The molecule has 0 aliphatic rings. The number of hydrogen-bond donors (Lipinski definition) is 1. The van der Waals surface area contributed by atoms with E-state index in [4.69, 9.17) is 5.73 Å². The van der Waals surface area contributed by atoms with Gasteiger partial charge in [0.2, 0.25) is 0 Å². The molecule has 4 heteroatoms. The minimum atomic E-state index is 0.554. The monoisotopic (exact) mass is 188 g/mol. The lowest BCUT2D eigenvalue weighted by Gasteiger charge is -1.94. The average molecular weight is 188 g/mol. The van der Waals surface area contributed by atoms with Gasteiger partial charge in [0.05, 0.1) is 5.52 Å². The predicted molar refractivity (Wildman–Crippen MR) is 56.6 cm³/mol. The molecule has 14 heavy (non-hydrogen) atoms. The maximum atomic E-state index is 5.37. The summed E-state index contributed by atoms with van der Waals surface area (Å²) in [7, 11) is 1.88. The number of aromatic nitrogens is 3. The lowest BCUT2D eigenvalue weighted by atomic mass is 10.2. The third-order valence-corrected chi connectivity index (χ3v) is 2.08. The first kappa shape index (κ1) is 8.90. The highest BCUT2D eigenvalue weighted by atomic mass is 15.4. The molecule has 1 aromatic heterocycles. The predicted octanol–water partition coefficient (Wildman–Crippen LogP) is 0.940. The molecule has 1 aromatic carbocycles. The number of benzene rings is 1. The molecule has 0 radical (unpaired) electrons. The van der Waals surface area contributed by atoms with Crippen LogP contribution in [0, 0.1) is 0 Å². The third-order valence-electron chi connectivity index (χ3n) is 2.08. The maximum Gasteiger partial charge on any atom is 0.113 e. The first-order valence-electron chi connectivity index (χ1n) is 4.47. The highest BCUT2D eigenvalue weighted by Crippen LogP contribution is 2.13. The Bertz CT molecular complexity index is 470. The molecule has 0 aliphatic carbocycles. The largest absolute Gasteiger partial charge is 0.327 e. The van der Waals surface area contributed by atoms with E-state index in [0.717, 1.165) is 16.6 Å². The van der Waals surface area contributed by atoms with Gasteiger partial charge in [-0.1, -0.05) is 23.4 Å². The quantitative estimate of drug-likeness (QED) is 0.763. The van der Waals surface area contributed by atoms with Crippen molar-refractivity contribution in [2.24, 2.45) is 12.8 Å². The Labute approximate surface area is 82.0 Å². The van der Waals surface area contributed by atoms with Gasteiger partial charge in [0.1, 0.15) is 5.52 Å². The van der Waals surface area contributed by atoms with E-state index in [2.05, 4.69) is 10.3 Å². The molecular weight excluding hydrogens is 176 g/mol. The zero-order valence-electron chi connectivity index (χ0n) is 8.01. The van der Waals surface area contributed by atoms with Crippen molar-refractivity contribution in [1.82, 2.24) is 15.0 Å². The van der Waals surface area contributed by atoms with Crippen LogP contribution in [0.25, 0.3) is 17.1 Å². The van der Waals surface area contributed by atoms with Crippen LogP contribution in [0.2, 0.25) is 0 Å². The van der Waals surface area contributed by atoms with Gasteiger partial charge in [0.25, 0.3) is 0 Å². The summed E-state index contributed by atoms with van der Waals surface area (Å²) in [5.74, 6) is 0. The van der Waals surface area contributed by atoms with E-state index in [1.165, 1.54) is 0 Å². The van der Waals surface area contributed by atoms with Crippen LogP contribution in [0.15, 0.2) is 24.3 Å². The molecule has 0 atom stereocenters. The summed E-state index contributed by atoms with van der Waals surface area (Å²) in [5, 5.41) is 7.97. The Balaban J connectivity index is 2.47. The van der Waals surface area contributed by atoms with Gasteiger partial charge < -0.3 is 5.73 Å². The van der Waals surface area contributed by atoms with Gasteiger partial charge in [-0.05, 0) is 17.7 Å². The summed E-state index contributed by atoms with van der Waals surface area (Å²) in [5.41, 5.74) is 8.42. The summed E-state index contributed by atoms with van der Waals surface area (Å²) in [6, 6.07) is 6.03. The fraction of sp³-hybridized carbons (Fsp3) is 0.200. The SMILES string of the molecule is Cn1nnc2cc(/C=C/CN)ccc21. The molecule has 2 aromatic rings. The lowest BCUT2D eigenvalue weighted by Crippen LogP contribution is -1.92. The Hall–Kier alpha value is -1.68. The van der Waals surface area contributed by atoms with Gasteiger partial charge in [0.15, 0.2) is 0 Å². The summed E-state index contributed by atoms with van der Waals surface area (Å²) in [6.45, 7) is 0.554. The molecule has 0 spiro atoms. The molecule has 1 heterocycles. The Kier molecular flexibility index (Phi) is 2.28. The standard InChI is InChI=1S/C10H12N4/c1-14-10-5-4-8(3-2-6-11)7-9(10)12-13-14/h2-5,7H,6,11H2,1H3/b3-2+. The van der Waals surface area contributed by atoms with Crippen molar-refractivity contribution in [3.05, 3.63) is 29.8 Å². The van der Waals surface area contributed by atoms with Crippen molar-refractivity contribution >= 4 is 17.1 Å². The molecule has 0 bridgehead atoms. The van der Waals surface area contributed by atoms with Gasteiger partial charge in [-0.25, -0.2) is 4.68 Å². The second-order valence-electron chi connectivity index (χ2n) is 3.10. The molecule has 72 valence electrons. The highest BCUT2D eigenvalue weighted by Gasteiger charge is 1.99. The molecule has 0 saturated carbocycles. The van der Waals surface area contributed by atoms with Crippen LogP contribution in [0.4, 0.5) is 0 Å². The van der Waals surface area contributed by atoms with Gasteiger partial charge in [-0.2, -0.15) is 0 Å². The molecule has 0 aliphatic heterocycles. The van der Waals surface area contributed by atoms with E-state index in [1.54, 1.807) is 4.68 Å². The zero-order chi connectivity index (χ0) is 9.97. The molecule has 0 amide bonds. The van der Waals surface area contributed by atoms with Crippen molar-refractivity contribution in [3.63, 3.8) is 0 Å². The van der Waals surface area contributed by atoms with E-state index in [1.807, 2.05) is 37.4 Å². The van der Waals surface area contributed by atoms with Gasteiger partial charge in [-0.3, -0.25) is 0 Å². The summed E-state index contributed by atoms with van der Waals surface area (Å²) in [6.07, 6.45) is 3.89. The molecule has 0 saturated heterocycles. The zero-order valence-corrected chi connectivity index (χ0v) is 8.01. The molecule has 0 fully saturated rings. The number of nitrogens with zero attached hydrogens (tertiary/aromatic N) is 3. The maximum absolute atomic E-state index is 5.37. The Morgan fingerprint density at radius 3 is 3.14 bits per heavy atom. The van der Waals surface area contributed by atoms with Crippen LogP contribution in [-0.4, -0.2) is 21.5 Å². The minimum Gasteiger partial charge on any atom is -0.327 e. The third kappa shape index (κ3) is 1.52. The highest BCUT2D eigenvalue weighted by molar-refractivity contribution is 5.77. The molecule has 0 unspecified atom stereocenters. The van der Waals surface area contributed by atoms with Crippen molar-refractivity contribution in [1.29, 1.82) is 0 Å².